The van der Waals surface area contributed by atoms with Crippen LogP contribution in [0.4, 0.5) is 0 Å². The molecule has 1 N–H and O–H groups in total. The summed E-state index contributed by atoms with van der Waals surface area (Å²) in [7, 11) is -3.91. The standard InChI is InChI=1S/C29H61NO3S/c1-4-7-10-13-16-19-22-25-30(28-29-34(31,32)33,26-23-20-17-14-11-8-5-2)27-24-21-18-15-12-9-6-3/h4-29H2,1-3H3/p+1. The largest absolute Gasteiger partial charge is 0.323 e. The Morgan fingerprint density at radius 2 is 0.706 bits per heavy atom. The molecule has 0 heterocycles. The first-order valence-corrected chi connectivity index (χ1v) is 16.8. The van der Waals surface area contributed by atoms with Crippen LogP contribution in [0.15, 0.2) is 0 Å². The van der Waals surface area contributed by atoms with Gasteiger partial charge in [0.2, 0.25) is 0 Å². The highest BCUT2D eigenvalue weighted by Gasteiger charge is 2.28. The Morgan fingerprint density at radius 3 is 0.971 bits per heavy atom. The molecular formula is C29H62NO3S+. The van der Waals surface area contributed by atoms with E-state index in [1.165, 1.54) is 135 Å². The lowest BCUT2D eigenvalue weighted by atomic mass is 10.1. The summed E-state index contributed by atoms with van der Waals surface area (Å²) < 4.78 is 33.7. The van der Waals surface area contributed by atoms with E-state index in [-0.39, 0.29) is 5.75 Å². The van der Waals surface area contributed by atoms with Crippen LogP contribution < -0.4 is 0 Å². The number of hydrogen-bond donors (Lipinski definition) is 1. The second-order valence-corrected chi connectivity index (χ2v) is 12.5. The summed E-state index contributed by atoms with van der Waals surface area (Å²) >= 11 is 0. The van der Waals surface area contributed by atoms with E-state index in [0.29, 0.717) is 6.54 Å². The van der Waals surface area contributed by atoms with Crippen molar-refractivity contribution >= 4 is 10.1 Å². The first kappa shape index (κ1) is 33.9. The van der Waals surface area contributed by atoms with Crippen molar-refractivity contribution in [3.8, 4) is 0 Å². The van der Waals surface area contributed by atoms with Crippen LogP contribution in [0.5, 0.6) is 0 Å². The molecule has 0 rings (SSSR count). The van der Waals surface area contributed by atoms with Crippen LogP contribution in [0.3, 0.4) is 0 Å². The summed E-state index contributed by atoms with van der Waals surface area (Å²) in [4.78, 5) is 0. The molecule has 0 saturated carbocycles. The van der Waals surface area contributed by atoms with E-state index >= 15 is 0 Å². The molecule has 5 heteroatoms. The molecule has 0 saturated heterocycles. The third kappa shape index (κ3) is 22.3. The molecule has 0 aliphatic rings. The lowest BCUT2D eigenvalue weighted by Crippen LogP contribution is -2.52. The predicted molar refractivity (Wildman–Crippen MR) is 150 cm³/mol. The van der Waals surface area contributed by atoms with Crippen molar-refractivity contribution in [1.29, 1.82) is 0 Å². The molecule has 0 aromatic rings. The smallest absolute Gasteiger partial charge is 0.270 e. The Labute approximate surface area is 215 Å². The maximum Gasteiger partial charge on any atom is 0.270 e. The van der Waals surface area contributed by atoms with Gasteiger partial charge in [0.25, 0.3) is 10.1 Å². The van der Waals surface area contributed by atoms with E-state index in [0.717, 1.165) is 24.1 Å². The van der Waals surface area contributed by atoms with Gasteiger partial charge in [-0.25, -0.2) is 0 Å². The Kier molecular flexibility index (Phi) is 23.2. The van der Waals surface area contributed by atoms with Gasteiger partial charge >= 0.3 is 0 Å². The first-order chi connectivity index (χ1) is 16.4. The van der Waals surface area contributed by atoms with E-state index in [1.807, 2.05) is 0 Å². The summed E-state index contributed by atoms with van der Waals surface area (Å²) in [6, 6.07) is 0. The van der Waals surface area contributed by atoms with Gasteiger partial charge in [-0.1, -0.05) is 117 Å². The zero-order valence-corrected chi connectivity index (χ0v) is 24.3. The highest BCUT2D eigenvalue weighted by molar-refractivity contribution is 7.85. The molecule has 0 amide bonds. The molecule has 0 aromatic heterocycles. The molecule has 206 valence electrons. The van der Waals surface area contributed by atoms with Crippen LogP contribution in [-0.2, 0) is 10.1 Å². The van der Waals surface area contributed by atoms with Gasteiger partial charge in [0.05, 0.1) is 26.2 Å². The van der Waals surface area contributed by atoms with E-state index in [9.17, 15) is 13.0 Å². The van der Waals surface area contributed by atoms with Crippen LogP contribution >= 0.6 is 0 Å². The number of unbranched alkanes of at least 4 members (excludes halogenated alkanes) is 18. The number of rotatable bonds is 27. The van der Waals surface area contributed by atoms with Crippen molar-refractivity contribution < 1.29 is 17.5 Å². The van der Waals surface area contributed by atoms with Crippen molar-refractivity contribution in [2.75, 3.05) is 31.9 Å². The molecule has 0 aliphatic carbocycles. The van der Waals surface area contributed by atoms with Crippen LogP contribution in [0.2, 0.25) is 0 Å². The minimum atomic E-state index is -3.91. The van der Waals surface area contributed by atoms with Gasteiger partial charge in [0.15, 0.2) is 0 Å². The van der Waals surface area contributed by atoms with E-state index in [4.69, 9.17) is 0 Å². The van der Waals surface area contributed by atoms with Crippen LogP contribution in [0, 0.1) is 0 Å². The molecule has 0 aromatic carbocycles. The number of quaternary nitrogens is 1. The fraction of sp³-hybridized carbons (Fsp3) is 1.00. The van der Waals surface area contributed by atoms with Crippen molar-refractivity contribution in [2.45, 2.75) is 156 Å². The number of hydrogen-bond acceptors (Lipinski definition) is 2. The minimum absolute atomic E-state index is 0.0868. The molecule has 0 unspecified atom stereocenters. The van der Waals surface area contributed by atoms with Crippen molar-refractivity contribution in [3.63, 3.8) is 0 Å². The van der Waals surface area contributed by atoms with E-state index in [2.05, 4.69) is 20.8 Å². The molecule has 0 fully saturated rings. The lowest BCUT2D eigenvalue weighted by Gasteiger charge is -2.39. The highest BCUT2D eigenvalue weighted by atomic mass is 32.2. The Hall–Kier alpha value is -0.130. The average molecular weight is 505 g/mol. The Morgan fingerprint density at radius 1 is 0.441 bits per heavy atom. The van der Waals surface area contributed by atoms with Gasteiger partial charge < -0.3 is 4.48 Å². The molecule has 0 aliphatic heterocycles. The van der Waals surface area contributed by atoms with E-state index in [1.54, 1.807) is 0 Å². The average Bonchev–Trinajstić information content (AvgIpc) is 2.80. The second-order valence-electron chi connectivity index (χ2n) is 10.9. The maximum atomic E-state index is 11.7. The third-order valence-corrected chi connectivity index (χ3v) is 8.23. The van der Waals surface area contributed by atoms with Crippen molar-refractivity contribution in [3.05, 3.63) is 0 Å². The summed E-state index contributed by atoms with van der Waals surface area (Å²) in [6.07, 6.45) is 27.1. The normalized spacial score (nSPS) is 12.5. The molecule has 0 atom stereocenters. The van der Waals surface area contributed by atoms with Gasteiger partial charge in [-0.05, 0) is 38.5 Å². The number of nitrogens with zero attached hydrogens (tertiary/aromatic N) is 1. The summed E-state index contributed by atoms with van der Waals surface area (Å²) in [5, 5.41) is 0. The Bertz CT molecular complexity index is 476. The van der Waals surface area contributed by atoms with Crippen molar-refractivity contribution in [1.82, 2.24) is 0 Å². The van der Waals surface area contributed by atoms with Gasteiger partial charge in [-0.3, -0.25) is 4.55 Å². The Balaban J connectivity index is 4.82. The predicted octanol–water partition coefficient (Wildman–Crippen LogP) is 8.94. The third-order valence-electron chi connectivity index (χ3n) is 7.53. The molecule has 4 nitrogen and oxygen atoms in total. The quantitative estimate of drug-likeness (QED) is 0.0690. The summed E-state index contributed by atoms with van der Waals surface area (Å²) in [6.45, 7) is 10.6. The zero-order valence-electron chi connectivity index (χ0n) is 23.5. The van der Waals surface area contributed by atoms with Gasteiger partial charge in [-0.2, -0.15) is 8.42 Å². The fourth-order valence-electron chi connectivity index (χ4n) is 5.19. The fourth-order valence-corrected chi connectivity index (χ4v) is 5.81. The topological polar surface area (TPSA) is 54.4 Å². The molecule has 0 radical (unpaired) electrons. The summed E-state index contributed by atoms with van der Waals surface area (Å²) in [5.41, 5.74) is 0. The van der Waals surface area contributed by atoms with Gasteiger partial charge in [0, 0.05) is 0 Å². The first-order valence-electron chi connectivity index (χ1n) is 15.2. The van der Waals surface area contributed by atoms with Crippen molar-refractivity contribution in [2.24, 2.45) is 0 Å². The molecule has 0 spiro atoms. The highest BCUT2D eigenvalue weighted by Crippen LogP contribution is 2.19. The zero-order chi connectivity index (χ0) is 25.4. The molecule has 0 bridgehead atoms. The maximum absolute atomic E-state index is 11.7. The van der Waals surface area contributed by atoms with E-state index < -0.39 is 10.1 Å². The van der Waals surface area contributed by atoms with Crippen LogP contribution in [-0.4, -0.2) is 49.4 Å². The van der Waals surface area contributed by atoms with Gasteiger partial charge in [0.1, 0.15) is 5.75 Å². The minimum Gasteiger partial charge on any atom is -0.323 e. The molecule has 34 heavy (non-hydrogen) atoms. The second kappa shape index (κ2) is 23.3. The van der Waals surface area contributed by atoms with Crippen LogP contribution in [0.1, 0.15) is 156 Å². The van der Waals surface area contributed by atoms with Crippen LogP contribution in [0.25, 0.3) is 0 Å². The summed E-state index contributed by atoms with van der Waals surface area (Å²) in [5.74, 6) is -0.0868. The monoisotopic (exact) mass is 504 g/mol. The lowest BCUT2D eigenvalue weighted by molar-refractivity contribution is -0.926. The molecular weight excluding hydrogens is 442 g/mol. The SMILES string of the molecule is CCCCCCCCC[N+](CCCCCCCCC)(CCCCCCCCC)CCS(=O)(=O)O. The van der Waals surface area contributed by atoms with Gasteiger partial charge in [-0.15, -0.1) is 0 Å².